The molecule has 0 aromatic rings. The van der Waals surface area contributed by atoms with E-state index in [9.17, 15) is 0 Å². The third kappa shape index (κ3) is 4.00. The summed E-state index contributed by atoms with van der Waals surface area (Å²) < 4.78 is 0. The highest BCUT2D eigenvalue weighted by molar-refractivity contribution is 7.81. The zero-order chi connectivity index (χ0) is 6.41. The Morgan fingerprint density at radius 2 is 2.12 bits per heavy atom. The van der Waals surface area contributed by atoms with E-state index in [-0.39, 0.29) is 0 Å². The van der Waals surface area contributed by atoms with Gasteiger partial charge in [0.15, 0.2) is 0 Å². The molecule has 8 heavy (non-hydrogen) atoms. The summed E-state index contributed by atoms with van der Waals surface area (Å²) in [6, 6.07) is 0. The lowest BCUT2D eigenvalue weighted by Crippen LogP contribution is -1.89. The highest BCUT2D eigenvalue weighted by Crippen LogP contribution is 2.04. The first kappa shape index (κ1) is 7.83. The Labute approximate surface area is 56.7 Å². The van der Waals surface area contributed by atoms with Gasteiger partial charge in [-0.2, -0.15) is 12.6 Å². The highest BCUT2D eigenvalue weighted by atomic mass is 32.1. The second-order valence-corrected chi connectivity index (χ2v) is 2.33. The quantitative estimate of drug-likeness (QED) is 0.436. The number of rotatable bonds is 4. The maximum Gasteiger partial charge on any atom is 0.0197 e. The van der Waals surface area contributed by atoms with Crippen LogP contribution in [0, 0.1) is 0 Å². The topological polar surface area (TPSA) is 0 Å². The van der Waals surface area contributed by atoms with Gasteiger partial charge in [0.1, 0.15) is 0 Å². The monoisotopic (exact) mass is 128 g/mol. The molecule has 1 atom stereocenters. The summed E-state index contributed by atoms with van der Waals surface area (Å²) in [6.45, 7) is 7.20. The normalized spacial score (nSPS) is 12.6. The van der Waals surface area contributed by atoms with Crippen LogP contribution in [0.1, 0.15) is 12.8 Å². The molecule has 0 amide bonds. The van der Waals surface area contributed by atoms with E-state index in [2.05, 4.69) is 25.8 Å². The van der Waals surface area contributed by atoms with Gasteiger partial charge in [0.2, 0.25) is 0 Å². The molecular formula is C7H12S. The Morgan fingerprint density at radius 3 is 2.50 bits per heavy atom. The van der Waals surface area contributed by atoms with Crippen LogP contribution in [-0.2, 0) is 0 Å². The number of thiol groups is 1. The molecule has 0 saturated heterocycles. The molecule has 46 valence electrons. The molecule has 0 saturated carbocycles. The molecule has 0 aromatic carbocycles. The minimum atomic E-state index is 0.341. The van der Waals surface area contributed by atoms with Crippen molar-refractivity contribution in [3.05, 3.63) is 25.3 Å². The van der Waals surface area contributed by atoms with Crippen molar-refractivity contribution in [2.24, 2.45) is 0 Å². The third-order valence-electron chi connectivity index (χ3n) is 0.939. The first-order valence-electron chi connectivity index (χ1n) is 2.72. The van der Waals surface area contributed by atoms with Gasteiger partial charge < -0.3 is 0 Å². The molecule has 0 heterocycles. The Bertz CT molecular complexity index is 76.5. The smallest absolute Gasteiger partial charge is 0.0197 e. The molecule has 0 aromatic heterocycles. The van der Waals surface area contributed by atoms with Crippen LogP contribution in [0.4, 0.5) is 0 Å². The molecule has 0 N–H and O–H groups in total. The summed E-state index contributed by atoms with van der Waals surface area (Å²) in [6.07, 6.45) is 5.82. The van der Waals surface area contributed by atoms with Crippen molar-refractivity contribution in [2.75, 3.05) is 0 Å². The van der Waals surface area contributed by atoms with Gasteiger partial charge in [-0.15, -0.1) is 13.2 Å². The predicted octanol–water partition coefficient (Wildman–Crippen LogP) is 2.44. The van der Waals surface area contributed by atoms with Crippen LogP contribution >= 0.6 is 12.6 Å². The molecule has 0 aliphatic heterocycles. The van der Waals surface area contributed by atoms with E-state index in [1.54, 1.807) is 0 Å². The van der Waals surface area contributed by atoms with Crippen molar-refractivity contribution < 1.29 is 0 Å². The average molecular weight is 128 g/mol. The first-order valence-corrected chi connectivity index (χ1v) is 3.24. The fourth-order valence-corrected chi connectivity index (χ4v) is 0.556. The van der Waals surface area contributed by atoms with E-state index in [0.29, 0.717) is 5.25 Å². The van der Waals surface area contributed by atoms with Gasteiger partial charge in [0, 0.05) is 5.25 Å². The van der Waals surface area contributed by atoms with E-state index in [1.807, 2.05) is 12.2 Å². The summed E-state index contributed by atoms with van der Waals surface area (Å²) in [5.74, 6) is 0. The van der Waals surface area contributed by atoms with Gasteiger partial charge >= 0.3 is 0 Å². The van der Waals surface area contributed by atoms with Gasteiger partial charge in [-0.1, -0.05) is 12.2 Å². The molecule has 0 aliphatic rings. The molecule has 1 heteroatoms. The van der Waals surface area contributed by atoms with Crippen LogP contribution in [0.5, 0.6) is 0 Å². The lowest BCUT2D eigenvalue weighted by Gasteiger charge is -1.98. The SMILES string of the molecule is C=CCCC(S)C=C. The summed E-state index contributed by atoms with van der Waals surface area (Å²) in [7, 11) is 0. The molecule has 0 bridgehead atoms. The van der Waals surface area contributed by atoms with E-state index < -0.39 is 0 Å². The van der Waals surface area contributed by atoms with E-state index >= 15 is 0 Å². The second kappa shape index (κ2) is 4.98. The molecule has 0 aliphatic carbocycles. The lowest BCUT2D eigenvalue weighted by molar-refractivity contribution is 0.891. The molecule has 0 rings (SSSR count). The van der Waals surface area contributed by atoms with Crippen molar-refractivity contribution in [2.45, 2.75) is 18.1 Å². The lowest BCUT2D eigenvalue weighted by atomic mass is 10.2. The molecular weight excluding hydrogens is 116 g/mol. The van der Waals surface area contributed by atoms with E-state index in [1.165, 1.54) is 0 Å². The van der Waals surface area contributed by atoms with Gasteiger partial charge in [-0.05, 0) is 12.8 Å². The van der Waals surface area contributed by atoms with Gasteiger partial charge in [-0.3, -0.25) is 0 Å². The zero-order valence-corrected chi connectivity index (χ0v) is 5.90. The van der Waals surface area contributed by atoms with E-state index in [4.69, 9.17) is 0 Å². The first-order chi connectivity index (χ1) is 3.81. The van der Waals surface area contributed by atoms with Gasteiger partial charge in [0.25, 0.3) is 0 Å². The zero-order valence-electron chi connectivity index (χ0n) is 5.01. The number of allylic oxidation sites excluding steroid dienone is 1. The van der Waals surface area contributed by atoms with Crippen LogP contribution in [0.2, 0.25) is 0 Å². The van der Waals surface area contributed by atoms with Crippen molar-refractivity contribution in [3.8, 4) is 0 Å². The van der Waals surface area contributed by atoms with Crippen LogP contribution in [0.25, 0.3) is 0 Å². The Balaban J connectivity index is 3.09. The van der Waals surface area contributed by atoms with Crippen molar-refractivity contribution in [1.29, 1.82) is 0 Å². The number of hydrogen-bond donors (Lipinski definition) is 1. The Kier molecular flexibility index (Phi) is 4.87. The summed E-state index contributed by atoms with van der Waals surface area (Å²) in [5.41, 5.74) is 0. The van der Waals surface area contributed by atoms with Crippen LogP contribution in [0.15, 0.2) is 25.3 Å². The summed E-state index contributed by atoms with van der Waals surface area (Å²) in [5, 5.41) is 0.341. The fraction of sp³-hybridized carbons (Fsp3) is 0.429. The maximum absolute atomic E-state index is 4.20. The average Bonchev–Trinajstić information content (AvgIpc) is 1.83. The van der Waals surface area contributed by atoms with Crippen molar-refractivity contribution in [3.63, 3.8) is 0 Å². The minimum absolute atomic E-state index is 0.341. The Hall–Kier alpha value is -0.170. The number of hydrogen-bond acceptors (Lipinski definition) is 1. The van der Waals surface area contributed by atoms with E-state index in [0.717, 1.165) is 12.8 Å². The second-order valence-electron chi connectivity index (χ2n) is 1.67. The van der Waals surface area contributed by atoms with Crippen molar-refractivity contribution in [1.82, 2.24) is 0 Å². The van der Waals surface area contributed by atoms with Crippen LogP contribution in [-0.4, -0.2) is 5.25 Å². The molecule has 1 unspecified atom stereocenters. The summed E-state index contributed by atoms with van der Waals surface area (Å²) in [4.78, 5) is 0. The fourth-order valence-electron chi connectivity index (χ4n) is 0.406. The molecule has 0 radical (unpaired) electrons. The molecule has 0 fully saturated rings. The molecule has 0 nitrogen and oxygen atoms in total. The highest BCUT2D eigenvalue weighted by Gasteiger charge is 1.91. The summed E-state index contributed by atoms with van der Waals surface area (Å²) >= 11 is 4.20. The standard InChI is InChI=1S/C7H12S/c1-3-5-6-7(8)4-2/h3-4,7-8H,1-2,5-6H2. The van der Waals surface area contributed by atoms with Crippen LogP contribution < -0.4 is 0 Å². The predicted molar refractivity (Wildman–Crippen MR) is 42.4 cm³/mol. The third-order valence-corrected chi connectivity index (χ3v) is 1.41. The van der Waals surface area contributed by atoms with Crippen molar-refractivity contribution >= 4 is 12.6 Å². The molecule has 0 spiro atoms. The maximum atomic E-state index is 4.20. The van der Waals surface area contributed by atoms with Crippen LogP contribution in [0.3, 0.4) is 0 Å². The Morgan fingerprint density at radius 1 is 1.50 bits per heavy atom. The minimum Gasteiger partial charge on any atom is -0.172 e. The van der Waals surface area contributed by atoms with Gasteiger partial charge in [-0.25, -0.2) is 0 Å². The largest absolute Gasteiger partial charge is 0.172 e. The van der Waals surface area contributed by atoms with Gasteiger partial charge in [0.05, 0.1) is 0 Å².